The molecule has 0 heterocycles. The molecular formula is C26H23F3O2. The van der Waals surface area contributed by atoms with E-state index in [4.69, 9.17) is 0 Å². The second kappa shape index (κ2) is 8.88. The summed E-state index contributed by atoms with van der Waals surface area (Å²) in [4.78, 5) is 26.3. The molecule has 160 valence electrons. The summed E-state index contributed by atoms with van der Waals surface area (Å²) in [6.07, 6.45) is -4.47. The van der Waals surface area contributed by atoms with Gasteiger partial charge >= 0.3 is 6.18 Å². The predicted octanol–water partition coefficient (Wildman–Crippen LogP) is 6.66. The molecule has 0 aliphatic carbocycles. The van der Waals surface area contributed by atoms with Crippen molar-refractivity contribution in [3.05, 3.63) is 106 Å². The quantitative estimate of drug-likeness (QED) is 0.415. The van der Waals surface area contributed by atoms with Gasteiger partial charge in [-0.3, -0.25) is 9.59 Å². The molecule has 3 aromatic rings. The van der Waals surface area contributed by atoms with Crippen LogP contribution in [0.4, 0.5) is 13.2 Å². The minimum absolute atomic E-state index is 0.246. The smallest absolute Gasteiger partial charge is 0.299 e. The molecule has 0 aromatic heterocycles. The van der Waals surface area contributed by atoms with Gasteiger partial charge in [0.1, 0.15) is 5.78 Å². The molecule has 0 aliphatic heterocycles. The molecule has 3 aromatic carbocycles. The van der Waals surface area contributed by atoms with Crippen LogP contribution in [-0.2, 0) is 11.0 Å². The van der Waals surface area contributed by atoms with E-state index in [2.05, 4.69) is 0 Å². The molecule has 3 rings (SSSR count). The SMILES string of the molecule is CC(=O)C(c1ccc(C(F)(F)F)cc1)C(C(=O)c1ccc(C)cc1)c1ccc(C)cc1. The summed E-state index contributed by atoms with van der Waals surface area (Å²) in [6.45, 7) is 5.19. The molecule has 2 nitrogen and oxygen atoms in total. The first-order chi connectivity index (χ1) is 14.6. The van der Waals surface area contributed by atoms with E-state index in [9.17, 15) is 22.8 Å². The average Bonchev–Trinajstić information content (AvgIpc) is 2.72. The zero-order valence-electron chi connectivity index (χ0n) is 17.5. The summed E-state index contributed by atoms with van der Waals surface area (Å²) in [7, 11) is 0. The van der Waals surface area contributed by atoms with E-state index >= 15 is 0 Å². The van der Waals surface area contributed by atoms with E-state index in [-0.39, 0.29) is 11.6 Å². The monoisotopic (exact) mass is 424 g/mol. The molecule has 2 unspecified atom stereocenters. The molecule has 0 bridgehead atoms. The summed E-state index contributed by atoms with van der Waals surface area (Å²) in [5.41, 5.74) is 2.68. The van der Waals surface area contributed by atoms with Crippen molar-refractivity contribution >= 4 is 11.6 Å². The molecule has 0 fully saturated rings. The van der Waals surface area contributed by atoms with Crippen LogP contribution in [0, 0.1) is 13.8 Å². The van der Waals surface area contributed by atoms with Crippen molar-refractivity contribution < 1.29 is 22.8 Å². The van der Waals surface area contributed by atoms with Gasteiger partial charge in [-0.25, -0.2) is 0 Å². The van der Waals surface area contributed by atoms with Gasteiger partial charge in [0.25, 0.3) is 0 Å². The van der Waals surface area contributed by atoms with Gasteiger partial charge in [-0.1, -0.05) is 71.8 Å². The van der Waals surface area contributed by atoms with E-state index < -0.39 is 23.6 Å². The van der Waals surface area contributed by atoms with E-state index in [0.29, 0.717) is 16.7 Å². The first-order valence-electron chi connectivity index (χ1n) is 9.93. The first kappa shape index (κ1) is 22.5. The van der Waals surface area contributed by atoms with Crippen molar-refractivity contribution in [1.29, 1.82) is 0 Å². The summed E-state index contributed by atoms with van der Waals surface area (Å²) in [5.74, 6) is -2.29. The number of ketones is 2. The number of Topliss-reactive ketones (excluding diaryl/α,β-unsaturated/α-hetero) is 2. The lowest BCUT2D eigenvalue weighted by Crippen LogP contribution is -2.26. The number of alkyl halides is 3. The van der Waals surface area contributed by atoms with Gasteiger partial charge in [-0.2, -0.15) is 13.2 Å². The standard InChI is InChI=1S/C26H23F3O2/c1-16-4-8-20(9-5-16)24(25(31)21-10-6-17(2)7-11-21)23(18(3)30)19-12-14-22(15-13-19)26(27,28)29/h4-15,23-24H,1-3H3. The van der Waals surface area contributed by atoms with Crippen LogP contribution < -0.4 is 0 Å². The fraction of sp³-hybridized carbons (Fsp3) is 0.231. The van der Waals surface area contributed by atoms with Gasteiger partial charge in [-0.05, 0) is 44.0 Å². The fourth-order valence-corrected chi connectivity index (χ4v) is 3.71. The molecule has 2 atom stereocenters. The average molecular weight is 424 g/mol. The maximum atomic E-state index is 13.6. The summed E-state index contributed by atoms with van der Waals surface area (Å²) in [6, 6.07) is 18.9. The minimum Gasteiger partial charge on any atom is -0.299 e. The van der Waals surface area contributed by atoms with Crippen molar-refractivity contribution in [2.75, 3.05) is 0 Å². The van der Waals surface area contributed by atoms with Crippen LogP contribution in [0.3, 0.4) is 0 Å². The summed E-state index contributed by atoms with van der Waals surface area (Å²) >= 11 is 0. The largest absolute Gasteiger partial charge is 0.416 e. The molecule has 0 radical (unpaired) electrons. The highest BCUT2D eigenvalue weighted by atomic mass is 19.4. The molecule has 31 heavy (non-hydrogen) atoms. The van der Waals surface area contributed by atoms with Crippen molar-refractivity contribution in [2.45, 2.75) is 38.8 Å². The van der Waals surface area contributed by atoms with Crippen molar-refractivity contribution in [2.24, 2.45) is 0 Å². The maximum Gasteiger partial charge on any atom is 0.416 e. The van der Waals surface area contributed by atoms with Crippen LogP contribution in [0.1, 0.15) is 56.9 Å². The molecule has 0 aliphatic rings. The molecular weight excluding hydrogens is 401 g/mol. The van der Waals surface area contributed by atoms with Crippen molar-refractivity contribution in [3.8, 4) is 0 Å². The van der Waals surface area contributed by atoms with Crippen LogP contribution in [0.2, 0.25) is 0 Å². The third-order valence-electron chi connectivity index (χ3n) is 5.42. The highest BCUT2D eigenvalue weighted by Gasteiger charge is 2.36. The summed E-state index contributed by atoms with van der Waals surface area (Å²) < 4.78 is 39.0. The topological polar surface area (TPSA) is 34.1 Å². The lowest BCUT2D eigenvalue weighted by atomic mass is 9.75. The van der Waals surface area contributed by atoms with E-state index in [0.717, 1.165) is 23.3 Å². The zero-order chi connectivity index (χ0) is 22.8. The molecule has 0 amide bonds. The Morgan fingerprint density at radius 1 is 0.677 bits per heavy atom. The maximum absolute atomic E-state index is 13.6. The number of carbonyl (C=O) groups is 2. The Kier molecular flexibility index (Phi) is 6.44. The lowest BCUT2D eigenvalue weighted by Gasteiger charge is -2.26. The third-order valence-corrected chi connectivity index (χ3v) is 5.42. The highest BCUT2D eigenvalue weighted by molar-refractivity contribution is 6.05. The lowest BCUT2D eigenvalue weighted by molar-refractivity contribution is -0.137. The number of rotatable bonds is 6. The van der Waals surface area contributed by atoms with Crippen LogP contribution in [0.25, 0.3) is 0 Å². The van der Waals surface area contributed by atoms with Crippen molar-refractivity contribution in [1.82, 2.24) is 0 Å². The number of aryl methyl sites for hydroxylation is 2. The summed E-state index contributed by atoms with van der Waals surface area (Å²) in [5, 5.41) is 0. The van der Waals surface area contributed by atoms with Crippen molar-refractivity contribution in [3.63, 3.8) is 0 Å². The minimum atomic E-state index is -4.47. The van der Waals surface area contributed by atoms with Gasteiger partial charge in [-0.15, -0.1) is 0 Å². The second-order valence-electron chi connectivity index (χ2n) is 7.83. The Morgan fingerprint density at radius 3 is 1.55 bits per heavy atom. The van der Waals surface area contributed by atoms with Gasteiger partial charge in [0.15, 0.2) is 5.78 Å². The van der Waals surface area contributed by atoms with Crippen LogP contribution >= 0.6 is 0 Å². The predicted molar refractivity (Wildman–Crippen MR) is 114 cm³/mol. The van der Waals surface area contributed by atoms with Gasteiger partial charge in [0.05, 0.1) is 17.4 Å². The van der Waals surface area contributed by atoms with E-state index in [1.165, 1.54) is 19.1 Å². The van der Waals surface area contributed by atoms with Crippen LogP contribution in [0.5, 0.6) is 0 Å². The molecule has 0 saturated heterocycles. The van der Waals surface area contributed by atoms with Gasteiger partial charge in [0, 0.05) is 5.56 Å². The Hall–Kier alpha value is -3.21. The molecule has 0 spiro atoms. The first-order valence-corrected chi connectivity index (χ1v) is 9.93. The normalized spacial score (nSPS) is 13.5. The van der Waals surface area contributed by atoms with Crippen LogP contribution in [-0.4, -0.2) is 11.6 Å². The Balaban J connectivity index is 2.12. The third kappa shape index (κ3) is 5.10. The molecule has 0 N–H and O–H groups in total. The van der Waals surface area contributed by atoms with E-state index in [1.807, 2.05) is 38.1 Å². The fourth-order valence-electron chi connectivity index (χ4n) is 3.71. The van der Waals surface area contributed by atoms with Gasteiger partial charge < -0.3 is 0 Å². The zero-order valence-corrected chi connectivity index (χ0v) is 17.5. The number of halogens is 3. The van der Waals surface area contributed by atoms with E-state index in [1.54, 1.807) is 24.3 Å². The second-order valence-corrected chi connectivity index (χ2v) is 7.83. The number of hydrogen-bond acceptors (Lipinski definition) is 2. The van der Waals surface area contributed by atoms with Crippen LogP contribution in [0.15, 0.2) is 72.8 Å². The Morgan fingerprint density at radius 2 is 1.10 bits per heavy atom. The number of carbonyl (C=O) groups excluding carboxylic acids is 2. The Labute approximate surface area is 179 Å². The number of hydrogen-bond donors (Lipinski definition) is 0. The highest BCUT2D eigenvalue weighted by Crippen LogP contribution is 2.38. The molecule has 0 saturated carbocycles. The van der Waals surface area contributed by atoms with Gasteiger partial charge in [0.2, 0.25) is 0 Å². The Bertz CT molecular complexity index is 1060. The number of benzene rings is 3. The molecule has 5 heteroatoms.